The van der Waals surface area contributed by atoms with Gasteiger partial charge >= 0.3 is 5.97 Å². The molecule has 0 saturated heterocycles. The highest BCUT2D eigenvalue weighted by atomic mass is 16.5. The van der Waals surface area contributed by atoms with E-state index in [-0.39, 0.29) is 11.0 Å². The molecule has 6 heteroatoms. The third-order valence-corrected chi connectivity index (χ3v) is 4.65. The molecular weight excluding hydrogens is 368 g/mol. The van der Waals surface area contributed by atoms with Crippen LogP contribution in [-0.4, -0.2) is 41.6 Å². The maximum Gasteiger partial charge on any atom is 0.335 e. The van der Waals surface area contributed by atoms with Crippen molar-refractivity contribution in [1.82, 2.24) is 10.2 Å². The Balaban J connectivity index is 1.90. The van der Waals surface area contributed by atoms with E-state index in [9.17, 15) is 4.79 Å². The quantitative estimate of drug-likeness (QED) is 0.564. The number of carboxylic acid groups (broad SMARTS) is 1. The summed E-state index contributed by atoms with van der Waals surface area (Å²) in [5.41, 5.74) is 4.77. The molecule has 1 aromatic heterocycles. The van der Waals surface area contributed by atoms with E-state index < -0.39 is 5.97 Å². The molecule has 152 valence electrons. The first-order chi connectivity index (χ1) is 13.8. The van der Waals surface area contributed by atoms with Crippen LogP contribution in [0.2, 0.25) is 0 Å². The van der Waals surface area contributed by atoms with Gasteiger partial charge in [-0.1, -0.05) is 32.9 Å². The molecule has 0 spiro atoms. The zero-order valence-corrected chi connectivity index (χ0v) is 17.2. The number of aromatic amines is 1. The van der Waals surface area contributed by atoms with Crippen molar-refractivity contribution < 1.29 is 19.4 Å². The number of aromatic carboxylic acids is 1. The fourth-order valence-corrected chi connectivity index (χ4v) is 3.05. The Bertz CT molecular complexity index is 985. The first-order valence-electron chi connectivity index (χ1n) is 9.45. The molecule has 0 aliphatic carbocycles. The van der Waals surface area contributed by atoms with E-state index >= 15 is 0 Å². The van der Waals surface area contributed by atoms with E-state index in [0.717, 1.165) is 33.8 Å². The fourth-order valence-electron chi connectivity index (χ4n) is 3.05. The number of ether oxygens (including phenoxy) is 2. The number of benzene rings is 2. The van der Waals surface area contributed by atoms with Gasteiger partial charge in [-0.05, 0) is 47.4 Å². The van der Waals surface area contributed by atoms with Crippen LogP contribution in [0.4, 0.5) is 0 Å². The van der Waals surface area contributed by atoms with E-state index in [1.54, 1.807) is 31.4 Å². The summed E-state index contributed by atoms with van der Waals surface area (Å²) in [7, 11) is 1.65. The van der Waals surface area contributed by atoms with Gasteiger partial charge in [0.15, 0.2) is 0 Å². The monoisotopic (exact) mass is 394 g/mol. The highest BCUT2D eigenvalue weighted by molar-refractivity contribution is 5.88. The molecule has 29 heavy (non-hydrogen) atoms. The molecule has 0 radical (unpaired) electrons. The van der Waals surface area contributed by atoms with Gasteiger partial charge in [0.05, 0.1) is 23.6 Å². The van der Waals surface area contributed by atoms with E-state index in [1.807, 2.05) is 18.2 Å². The zero-order valence-electron chi connectivity index (χ0n) is 17.2. The standard InChI is InChI=1S/C23H26N2O4/c1-23(2,3)18-13-17(9-10-21(18)29-12-11-28-4)20-14-19(24-25-20)15-5-7-16(8-6-15)22(26)27/h5-10,13-14H,11-12H2,1-4H3,(H,24,25)(H,26,27). The maximum absolute atomic E-state index is 11.0. The van der Waals surface area contributed by atoms with Crippen molar-refractivity contribution in [3.63, 3.8) is 0 Å². The molecule has 0 atom stereocenters. The summed E-state index contributed by atoms with van der Waals surface area (Å²) in [6.07, 6.45) is 0. The van der Waals surface area contributed by atoms with Crippen LogP contribution >= 0.6 is 0 Å². The van der Waals surface area contributed by atoms with E-state index in [0.29, 0.717) is 13.2 Å². The van der Waals surface area contributed by atoms with Gasteiger partial charge in [0.25, 0.3) is 0 Å². The second kappa shape index (κ2) is 8.49. The lowest BCUT2D eigenvalue weighted by Crippen LogP contribution is -2.15. The smallest absolute Gasteiger partial charge is 0.335 e. The molecule has 0 saturated carbocycles. The Hall–Kier alpha value is -3.12. The lowest BCUT2D eigenvalue weighted by Gasteiger charge is -2.23. The predicted molar refractivity (Wildman–Crippen MR) is 112 cm³/mol. The number of rotatable bonds is 7. The predicted octanol–water partition coefficient (Wildman–Crippen LogP) is 4.76. The average Bonchev–Trinajstić information content (AvgIpc) is 3.18. The van der Waals surface area contributed by atoms with Gasteiger partial charge in [-0.15, -0.1) is 0 Å². The molecule has 3 aromatic rings. The molecule has 0 aliphatic heterocycles. The molecule has 2 aromatic carbocycles. The SMILES string of the molecule is COCCOc1ccc(-c2cc(-c3ccc(C(=O)O)cc3)[nH]n2)cc1C(C)(C)C. The van der Waals surface area contributed by atoms with Crippen molar-refractivity contribution in [2.75, 3.05) is 20.3 Å². The molecule has 3 rings (SSSR count). The zero-order chi connectivity index (χ0) is 21.0. The van der Waals surface area contributed by atoms with E-state index in [1.165, 1.54) is 0 Å². The first-order valence-corrected chi connectivity index (χ1v) is 9.45. The van der Waals surface area contributed by atoms with Crippen molar-refractivity contribution in [3.8, 4) is 28.3 Å². The molecule has 0 bridgehead atoms. The van der Waals surface area contributed by atoms with Crippen LogP contribution in [0.15, 0.2) is 48.5 Å². The molecule has 0 aliphatic rings. The lowest BCUT2D eigenvalue weighted by atomic mass is 9.85. The van der Waals surface area contributed by atoms with Gasteiger partial charge in [-0.25, -0.2) is 4.79 Å². The summed E-state index contributed by atoms with van der Waals surface area (Å²) in [6, 6.07) is 14.7. The maximum atomic E-state index is 11.0. The number of nitrogens with one attached hydrogen (secondary N) is 1. The Morgan fingerprint density at radius 3 is 2.34 bits per heavy atom. The molecule has 6 nitrogen and oxygen atoms in total. The number of hydrogen-bond donors (Lipinski definition) is 2. The Kier molecular flexibility index (Phi) is 6.03. The third kappa shape index (κ3) is 4.84. The lowest BCUT2D eigenvalue weighted by molar-refractivity contribution is 0.0697. The van der Waals surface area contributed by atoms with E-state index in [2.05, 4.69) is 37.0 Å². The Morgan fingerprint density at radius 1 is 1.03 bits per heavy atom. The minimum atomic E-state index is -0.940. The minimum Gasteiger partial charge on any atom is -0.491 e. The number of carbonyl (C=O) groups is 1. The van der Waals surface area contributed by atoms with Crippen molar-refractivity contribution in [2.45, 2.75) is 26.2 Å². The average molecular weight is 394 g/mol. The molecule has 0 fully saturated rings. The highest BCUT2D eigenvalue weighted by Gasteiger charge is 2.20. The molecular formula is C23H26N2O4. The highest BCUT2D eigenvalue weighted by Crippen LogP contribution is 2.35. The van der Waals surface area contributed by atoms with Gasteiger partial charge in [-0.2, -0.15) is 5.10 Å². The topological polar surface area (TPSA) is 84.4 Å². The number of carboxylic acids is 1. The Labute approximate surface area is 170 Å². The second-order valence-corrected chi connectivity index (χ2v) is 7.85. The second-order valence-electron chi connectivity index (χ2n) is 7.85. The van der Waals surface area contributed by atoms with Crippen LogP contribution in [0.3, 0.4) is 0 Å². The fraction of sp³-hybridized carbons (Fsp3) is 0.304. The minimum absolute atomic E-state index is 0.0930. The number of hydrogen-bond acceptors (Lipinski definition) is 4. The molecule has 2 N–H and O–H groups in total. The van der Waals surface area contributed by atoms with Crippen LogP contribution in [0.25, 0.3) is 22.5 Å². The van der Waals surface area contributed by atoms with E-state index in [4.69, 9.17) is 14.6 Å². The van der Waals surface area contributed by atoms with Gasteiger partial charge in [-0.3, -0.25) is 5.10 Å². The summed E-state index contributed by atoms with van der Waals surface area (Å²) in [6.45, 7) is 7.48. The van der Waals surface area contributed by atoms with Crippen LogP contribution in [0.1, 0.15) is 36.7 Å². The number of nitrogens with zero attached hydrogens (tertiary/aromatic N) is 1. The summed E-state index contributed by atoms with van der Waals surface area (Å²) < 4.78 is 11.0. The van der Waals surface area contributed by atoms with Crippen molar-refractivity contribution in [3.05, 3.63) is 59.7 Å². The van der Waals surface area contributed by atoms with Crippen LogP contribution in [0.5, 0.6) is 5.75 Å². The van der Waals surface area contributed by atoms with Gasteiger partial charge < -0.3 is 14.6 Å². The molecule has 1 heterocycles. The molecule has 0 unspecified atom stereocenters. The number of aromatic nitrogens is 2. The largest absolute Gasteiger partial charge is 0.491 e. The van der Waals surface area contributed by atoms with Crippen molar-refractivity contribution in [1.29, 1.82) is 0 Å². The third-order valence-electron chi connectivity index (χ3n) is 4.65. The van der Waals surface area contributed by atoms with Crippen molar-refractivity contribution >= 4 is 5.97 Å². The Morgan fingerprint density at radius 2 is 1.72 bits per heavy atom. The van der Waals surface area contributed by atoms with Crippen molar-refractivity contribution in [2.24, 2.45) is 0 Å². The number of methoxy groups -OCH3 is 1. The summed E-state index contributed by atoms with van der Waals surface area (Å²) >= 11 is 0. The van der Waals surface area contributed by atoms with Crippen LogP contribution in [-0.2, 0) is 10.2 Å². The number of H-pyrrole nitrogens is 1. The van der Waals surface area contributed by atoms with Gasteiger partial charge in [0.1, 0.15) is 12.4 Å². The van der Waals surface area contributed by atoms with Gasteiger partial charge in [0, 0.05) is 18.2 Å². The molecule has 0 amide bonds. The summed E-state index contributed by atoms with van der Waals surface area (Å²) in [5, 5.41) is 16.5. The summed E-state index contributed by atoms with van der Waals surface area (Å²) in [5.74, 6) is -0.0947. The summed E-state index contributed by atoms with van der Waals surface area (Å²) in [4.78, 5) is 11.0. The van der Waals surface area contributed by atoms with Gasteiger partial charge in [0.2, 0.25) is 0 Å². The van der Waals surface area contributed by atoms with Crippen LogP contribution < -0.4 is 4.74 Å². The van der Waals surface area contributed by atoms with Crippen LogP contribution in [0, 0.1) is 0 Å². The first kappa shape index (κ1) is 20.6. The normalized spacial score (nSPS) is 11.4.